The second kappa shape index (κ2) is 13.9. The molecule has 4 nitrogen and oxygen atoms in total. The van der Waals surface area contributed by atoms with Crippen molar-refractivity contribution in [3.63, 3.8) is 0 Å². The van der Waals surface area contributed by atoms with Gasteiger partial charge in [0.1, 0.15) is 0 Å². The summed E-state index contributed by atoms with van der Waals surface area (Å²) >= 11 is 0. The monoisotopic (exact) mass is 736 g/mol. The minimum Gasteiger partial charge on any atom is -0.427 e. The van der Waals surface area contributed by atoms with Gasteiger partial charge in [0, 0.05) is 0 Å². The third-order valence-electron chi connectivity index (χ3n) is 12.7. The second-order valence-electron chi connectivity index (χ2n) is 17.3. The molecule has 8 aromatic carbocycles. The molecule has 0 bridgehead atoms. The van der Waals surface area contributed by atoms with Crippen LogP contribution in [0.1, 0.15) is 55.4 Å². The Kier molecular flexibility index (Phi) is 9.41. The quantitative estimate of drug-likeness (QED) is 0.109. The van der Waals surface area contributed by atoms with Crippen LogP contribution in [0.4, 0.5) is 0 Å². The highest BCUT2D eigenvalue weighted by molar-refractivity contribution is 6.58. The van der Waals surface area contributed by atoms with Gasteiger partial charge in [-0.15, -0.1) is 0 Å². The standard InChI is InChI=1S/C50H50B2O4/c1-47(2,53)49(5,6)55-51-45-39-25-15-11-21-33(39)43(34-22-12-16-26-40(34)45)37-29-30-38(32-20-10-9-19-31(32)37)44-35-23-13-17-27-41(35)46(42-28-18-14-24-36(42)44)52-56-50(7,8)48(3,4)54/h9-30,51-54H,1-8H3. The molecular formula is C50H50B2O4. The maximum Gasteiger partial charge on any atom is 0.310 e. The summed E-state index contributed by atoms with van der Waals surface area (Å²) in [4.78, 5) is 0. The van der Waals surface area contributed by atoms with Crippen molar-refractivity contribution < 1.29 is 19.5 Å². The average Bonchev–Trinajstić information content (AvgIpc) is 3.17. The van der Waals surface area contributed by atoms with E-state index in [2.05, 4.69) is 133 Å². The molecule has 2 N–H and O–H groups in total. The number of benzene rings is 8. The van der Waals surface area contributed by atoms with Gasteiger partial charge in [-0.05, 0) is 142 Å². The van der Waals surface area contributed by atoms with Crippen LogP contribution in [-0.4, -0.2) is 47.6 Å². The highest BCUT2D eigenvalue weighted by Gasteiger charge is 2.37. The van der Waals surface area contributed by atoms with E-state index in [1.54, 1.807) is 27.7 Å². The minimum absolute atomic E-state index is 0.369. The third kappa shape index (κ3) is 6.39. The Bertz CT molecular complexity index is 2480. The van der Waals surface area contributed by atoms with Gasteiger partial charge in [0.05, 0.1) is 22.4 Å². The molecule has 0 heterocycles. The second-order valence-corrected chi connectivity index (χ2v) is 17.3. The first-order valence-corrected chi connectivity index (χ1v) is 19.7. The maximum atomic E-state index is 10.9. The van der Waals surface area contributed by atoms with Crippen molar-refractivity contribution in [2.45, 2.75) is 77.8 Å². The summed E-state index contributed by atoms with van der Waals surface area (Å²) in [7, 11) is 0.739. The average molecular weight is 737 g/mol. The van der Waals surface area contributed by atoms with Crippen LogP contribution in [-0.2, 0) is 9.31 Å². The molecule has 8 rings (SSSR count). The normalized spacial score (nSPS) is 13.0. The van der Waals surface area contributed by atoms with Crippen LogP contribution in [0, 0.1) is 0 Å². The Morgan fingerprint density at radius 2 is 0.571 bits per heavy atom. The number of hydrogen-bond acceptors (Lipinski definition) is 4. The van der Waals surface area contributed by atoms with Crippen LogP contribution >= 0.6 is 0 Å². The Hall–Kier alpha value is -4.97. The molecular weight excluding hydrogens is 686 g/mol. The zero-order valence-electron chi connectivity index (χ0n) is 33.8. The van der Waals surface area contributed by atoms with E-state index in [-0.39, 0.29) is 0 Å². The third-order valence-corrected chi connectivity index (χ3v) is 12.7. The molecule has 0 radical (unpaired) electrons. The molecule has 0 saturated carbocycles. The fourth-order valence-corrected chi connectivity index (χ4v) is 7.92. The lowest BCUT2D eigenvalue weighted by Gasteiger charge is -2.38. The first kappa shape index (κ1) is 37.9. The van der Waals surface area contributed by atoms with Gasteiger partial charge in [-0.1, -0.05) is 133 Å². The van der Waals surface area contributed by atoms with E-state index < -0.39 is 22.4 Å². The Morgan fingerprint density at radius 1 is 0.339 bits per heavy atom. The summed E-state index contributed by atoms with van der Waals surface area (Å²) in [5.41, 5.74) is 3.43. The van der Waals surface area contributed by atoms with Crippen LogP contribution in [0.5, 0.6) is 0 Å². The summed E-state index contributed by atoms with van der Waals surface area (Å²) in [6, 6.07) is 48.0. The summed E-state index contributed by atoms with van der Waals surface area (Å²) in [6.45, 7) is 15.0. The van der Waals surface area contributed by atoms with E-state index in [1.165, 1.54) is 33.0 Å². The van der Waals surface area contributed by atoms with Gasteiger partial charge in [-0.3, -0.25) is 0 Å². The van der Waals surface area contributed by atoms with Crippen LogP contribution in [0.15, 0.2) is 133 Å². The lowest BCUT2D eigenvalue weighted by atomic mass is 9.74. The Morgan fingerprint density at radius 3 is 0.821 bits per heavy atom. The lowest BCUT2D eigenvalue weighted by molar-refractivity contribution is -0.0892. The molecule has 0 aliphatic carbocycles. The summed E-state index contributed by atoms with van der Waals surface area (Å²) in [5, 5.41) is 33.4. The molecule has 0 aliphatic heterocycles. The van der Waals surface area contributed by atoms with Gasteiger partial charge in [-0.2, -0.15) is 0 Å². The van der Waals surface area contributed by atoms with Crippen LogP contribution in [0.3, 0.4) is 0 Å². The minimum atomic E-state index is -1.02. The van der Waals surface area contributed by atoms with Crippen molar-refractivity contribution >= 4 is 79.8 Å². The van der Waals surface area contributed by atoms with E-state index in [0.29, 0.717) is 15.0 Å². The van der Waals surface area contributed by atoms with Gasteiger partial charge in [0.15, 0.2) is 0 Å². The van der Waals surface area contributed by atoms with Crippen molar-refractivity contribution in [1.29, 1.82) is 0 Å². The zero-order chi connectivity index (χ0) is 39.6. The van der Waals surface area contributed by atoms with Crippen LogP contribution in [0.2, 0.25) is 0 Å². The number of hydrogen-bond donors (Lipinski definition) is 2. The van der Waals surface area contributed by atoms with Gasteiger partial charge < -0.3 is 19.5 Å². The molecule has 0 spiro atoms. The van der Waals surface area contributed by atoms with Crippen molar-refractivity contribution in [2.24, 2.45) is 0 Å². The fraction of sp³-hybridized carbons (Fsp3) is 0.240. The van der Waals surface area contributed by atoms with Crippen molar-refractivity contribution in [3.8, 4) is 22.3 Å². The Labute approximate surface area is 331 Å². The van der Waals surface area contributed by atoms with Gasteiger partial charge in [0.2, 0.25) is 0 Å². The molecule has 8 aromatic rings. The maximum absolute atomic E-state index is 10.9. The summed E-state index contributed by atoms with van der Waals surface area (Å²) in [5.74, 6) is 0. The van der Waals surface area contributed by atoms with Crippen molar-refractivity contribution in [3.05, 3.63) is 133 Å². The van der Waals surface area contributed by atoms with E-state index in [0.717, 1.165) is 54.0 Å². The summed E-state index contributed by atoms with van der Waals surface area (Å²) < 4.78 is 13.1. The smallest absolute Gasteiger partial charge is 0.310 e. The predicted octanol–water partition coefficient (Wildman–Crippen LogP) is 9.87. The lowest BCUT2D eigenvalue weighted by Crippen LogP contribution is -2.49. The molecule has 0 aromatic heterocycles. The van der Waals surface area contributed by atoms with Crippen molar-refractivity contribution in [2.75, 3.05) is 0 Å². The fourth-order valence-electron chi connectivity index (χ4n) is 7.92. The molecule has 0 unspecified atom stereocenters. The van der Waals surface area contributed by atoms with Gasteiger partial charge in [0.25, 0.3) is 0 Å². The molecule has 0 fully saturated rings. The van der Waals surface area contributed by atoms with Crippen molar-refractivity contribution in [1.82, 2.24) is 0 Å². The summed E-state index contributed by atoms with van der Waals surface area (Å²) in [6.07, 6.45) is 0. The first-order valence-electron chi connectivity index (χ1n) is 19.7. The SMILES string of the molecule is CC(C)(O)C(C)(C)OBc1c2ccccc2c(-c2ccc(-c3c4ccccc4c(BOC(C)(C)C(C)(C)O)c4ccccc34)c3ccccc23)c2ccccc12. The number of fused-ring (bicyclic) bond motifs is 5. The number of aliphatic hydroxyl groups is 2. The van der Waals surface area contributed by atoms with E-state index in [1.807, 2.05) is 27.7 Å². The van der Waals surface area contributed by atoms with E-state index in [4.69, 9.17) is 9.31 Å². The zero-order valence-corrected chi connectivity index (χ0v) is 33.8. The molecule has 56 heavy (non-hydrogen) atoms. The highest BCUT2D eigenvalue weighted by Crippen LogP contribution is 2.44. The molecule has 0 atom stereocenters. The molecule has 6 heteroatoms. The van der Waals surface area contributed by atoms with E-state index >= 15 is 0 Å². The topological polar surface area (TPSA) is 58.9 Å². The predicted molar refractivity (Wildman–Crippen MR) is 241 cm³/mol. The molecule has 0 amide bonds. The molecule has 280 valence electrons. The van der Waals surface area contributed by atoms with Crippen LogP contribution in [0.25, 0.3) is 76.1 Å². The van der Waals surface area contributed by atoms with E-state index in [9.17, 15) is 10.2 Å². The first-order chi connectivity index (χ1) is 26.6. The van der Waals surface area contributed by atoms with Crippen LogP contribution < -0.4 is 10.9 Å². The Balaban J connectivity index is 1.36. The molecule has 0 aliphatic rings. The van der Waals surface area contributed by atoms with Gasteiger partial charge >= 0.3 is 15.0 Å². The molecule has 0 saturated heterocycles. The van der Waals surface area contributed by atoms with Gasteiger partial charge in [-0.25, -0.2) is 0 Å². The number of rotatable bonds is 10. The largest absolute Gasteiger partial charge is 0.427 e. The highest BCUT2D eigenvalue weighted by atomic mass is 16.5.